The summed E-state index contributed by atoms with van der Waals surface area (Å²) in [5.41, 5.74) is 0.713. The lowest BCUT2D eigenvalue weighted by atomic mass is 10.1. The van der Waals surface area contributed by atoms with Crippen LogP contribution in [0.25, 0.3) is 0 Å². The Hall–Kier alpha value is -3.33. The van der Waals surface area contributed by atoms with Crippen LogP contribution < -0.4 is 15.4 Å². The molecule has 31 heavy (non-hydrogen) atoms. The fourth-order valence-electron chi connectivity index (χ4n) is 3.11. The van der Waals surface area contributed by atoms with E-state index in [2.05, 4.69) is 15.4 Å². The van der Waals surface area contributed by atoms with Crippen molar-refractivity contribution in [3.8, 4) is 6.07 Å². The van der Waals surface area contributed by atoms with E-state index in [0.29, 0.717) is 0 Å². The molecule has 1 heterocycles. The maximum atomic E-state index is 13.5. The van der Waals surface area contributed by atoms with Gasteiger partial charge in [-0.05, 0) is 30.2 Å². The van der Waals surface area contributed by atoms with Crippen LogP contribution in [0, 0.1) is 17.1 Å². The summed E-state index contributed by atoms with van der Waals surface area (Å²) in [7, 11) is -2.88. The van der Waals surface area contributed by atoms with E-state index < -0.39 is 39.9 Å². The molecule has 3 rings (SSSR count). The lowest BCUT2D eigenvalue weighted by Crippen LogP contribution is -2.62. The Balaban J connectivity index is 1.72. The smallest absolute Gasteiger partial charge is 0.280 e. The molecule has 2 amide bonds. The van der Waals surface area contributed by atoms with Gasteiger partial charge in [-0.1, -0.05) is 30.3 Å². The van der Waals surface area contributed by atoms with Gasteiger partial charge in [0.25, 0.3) is 10.2 Å². The molecule has 1 fully saturated rings. The number of halogens is 1. The zero-order chi connectivity index (χ0) is 22.6. The van der Waals surface area contributed by atoms with Crippen molar-refractivity contribution in [3.63, 3.8) is 0 Å². The topological polar surface area (TPSA) is 131 Å². The molecular formula is C20H20FN5O4S. The summed E-state index contributed by atoms with van der Waals surface area (Å²) in [4.78, 5) is 25.3. The quantitative estimate of drug-likeness (QED) is 0.628. The Morgan fingerprint density at radius 1 is 1.23 bits per heavy atom. The van der Waals surface area contributed by atoms with E-state index in [-0.39, 0.29) is 24.2 Å². The van der Waals surface area contributed by atoms with Crippen LogP contribution in [0.3, 0.4) is 0 Å². The first-order valence-corrected chi connectivity index (χ1v) is 10.7. The second-order valence-corrected chi connectivity index (χ2v) is 8.70. The predicted molar refractivity (Wildman–Crippen MR) is 110 cm³/mol. The van der Waals surface area contributed by atoms with Gasteiger partial charge < -0.3 is 10.6 Å². The number of amides is 2. The number of nitrogens with one attached hydrogen (secondary N) is 3. The predicted octanol–water partition coefficient (Wildman–Crippen LogP) is 0.859. The molecule has 1 aliphatic rings. The highest BCUT2D eigenvalue weighted by Crippen LogP contribution is 2.20. The number of carbonyl (C=O) groups excluding carboxylic acids is 2. The van der Waals surface area contributed by atoms with Crippen molar-refractivity contribution in [1.82, 2.24) is 14.3 Å². The summed E-state index contributed by atoms with van der Waals surface area (Å²) in [6.45, 7) is 0.205. The Labute approximate surface area is 179 Å². The maximum absolute atomic E-state index is 13.5. The molecule has 0 aromatic heterocycles. The van der Waals surface area contributed by atoms with Crippen molar-refractivity contribution in [2.24, 2.45) is 0 Å². The van der Waals surface area contributed by atoms with Gasteiger partial charge in [-0.3, -0.25) is 9.59 Å². The number of likely N-dealkylation sites (N-methyl/N-ethyl adjacent to an activating group) is 1. The van der Waals surface area contributed by atoms with Crippen LogP contribution in [0.15, 0.2) is 48.5 Å². The van der Waals surface area contributed by atoms with Crippen LogP contribution in [0.5, 0.6) is 0 Å². The molecule has 0 bridgehead atoms. The normalized spacial score (nSPS) is 20.4. The maximum Gasteiger partial charge on any atom is 0.280 e. The summed E-state index contributed by atoms with van der Waals surface area (Å²) in [5.74, 6) is -2.01. The highest BCUT2D eigenvalue weighted by molar-refractivity contribution is 7.87. The zero-order valence-electron chi connectivity index (χ0n) is 16.5. The molecular weight excluding hydrogens is 425 g/mol. The third-order valence-corrected chi connectivity index (χ3v) is 6.45. The lowest BCUT2D eigenvalue weighted by molar-refractivity contribution is -0.124. The van der Waals surface area contributed by atoms with Gasteiger partial charge in [0.15, 0.2) is 0 Å². The minimum absolute atomic E-state index is 0.117. The fourth-order valence-corrected chi connectivity index (χ4v) is 4.35. The Bertz CT molecular complexity index is 1130. The van der Waals surface area contributed by atoms with Crippen molar-refractivity contribution in [3.05, 3.63) is 65.5 Å². The average Bonchev–Trinajstić information content (AvgIpc) is 2.75. The van der Waals surface area contributed by atoms with Gasteiger partial charge in [-0.25, -0.2) is 4.39 Å². The van der Waals surface area contributed by atoms with Crippen molar-refractivity contribution < 1.29 is 22.4 Å². The first-order valence-electron chi connectivity index (χ1n) is 9.28. The van der Waals surface area contributed by atoms with Gasteiger partial charge in [-0.2, -0.15) is 22.7 Å². The number of anilines is 1. The number of carbonyl (C=O) groups is 2. The molecule has 2 unspecified atom stereocenters. The molecule has 0 radical (unpaired) electrons. The minimum atomic E-state index is -4.10. The Morgan fingerprint density at radius 3 is 2.61 bits per heavy atom. The van der Waals surface area contributed by atoms with Crippen molar-refractivity contribution >= 4 is 27.7 Å². The number of hydrogen-bond donors (Lipinski definition) is 3. The van der Waals surface area contributed by atoms with Crippen LogP contribution in [-0.2, 0) is 26.3 Å². The van der Waals surface area contributed by atoms with Crippen LogP contribution in [-0.4, -0.2) is 43.7 Å². The Kier molecular flexibility index (Phi) is 6.65. The van der Waals surface area contributed by atoms with Crippen LogP contribution in [0.2, 0.25) is 0 Å². The minimum Gasteiger partial charge on any atom is -0.351 e. The molecule has 3 N–H and O–H groups in total. The number of rotatable bonds is 5. The molecule has 162 valence electrons. The zero-order valence-corrected chi connectivity index (χ0v) is 17.3. The van der Waals surface area contributed by atoms with E-state index >= 15 is 0 Å². The van der Waals surface area contributed by atoms with Crippen LogP contribution in [0.1, 0.15) is 17.5 Å². The molecule has 11 heteroatoms. The molecule has 0 aliphatic carbocycles. The second kappa shape index (κ2) is 9.22. The third-order valence-electron chi connectivity index (χ3n) is 4.85. The van der Waals surface area contributed by atoms with Gasteiger partial charge in [0.2, 0.25) is 11.8 Å². The van der Waals surface area contributed by atoms with Crippen molar-refractivity contribution in [1.29, 1.82) is 5.26 Å². The van der Waals surface area contributed by atoms with Gasteiger partial charge in [-0.15, -0.1) is 0 Å². The summed E-state index contributed by atoms with van der Waals surface area (Å²) < 4.78 is 41.5. The molecule has 2 aromatic carbocycles. The monoisotopic (exact) mass is 445 g/mol. The van der Waals surface area contributed by atoms with E-state index in [1.807, 2.05) is 30.3 Å². The van der Waals surface area contributed by atoms with E-state index in [1.54, 1.807) is 6.07 Å². The second-order valence-electron chi connectivity index (χ2n) is 6.94. The summed E-state index contributed by atoms with van der Waals surface area (Å²) >= 11 is 0. The highest BCUT2D eigenvalue weighted by Gasteiger charge is 2.42. The standard InChI is InChI=1S/C20H20FN5O4S/c1-26-18(20(28)24-15-7-8-16(21)14(9-15)11-22)10-17(25-31(26,29)30)19(27)23-12-13-5-3-2-4-6-13/h2-9,17-18,25H,10,12H2,1H3,(H,23,27)(H,24,28). The average molecular weight is 445 g/mol. The van der Waals surface area contributed by atoms with Gasteiger partial charge in [0, 0.05) is 19.3 Å². The molecule has 2 atom stereocenters. The number of nitrogens with zero attached hydrogens (tertiary/aromatic N) is 2. The third kappa shape index (κ3) is 5.24. The number of benzene rings is 2. The lowest BCUT2D eigenvalue weighted by Gasteiger charge is -2.35. The van der Waals surface area contributed by atoms with Gasteiger partial charge in [0.1, 0.15) is 24.0 Å². The molecule has 1 saturated heterocycles. The van der Waals surface area contributed by atoms with E-state index in [9.17, 15) is 22.4 Å². The number of nitriles is 1. The van der Waals surface area contributed by atoms with Gasteiger partial charge >= 0.3 is 0 Å². The molecule has 2 aromatic rings. The largest absolute Gasteiger partial charge is 0.351 e. The van der Waals surface area contributed by atoms with E-state index in [4.69, 9.17) is 5.26 Å². The first kappa shape index (κ1) is 22.4. The summed E-state index contributed by atoms with van der Waals surface area (Å²) in [6.07, 6.45) is -0.117. The van der Waals surface area contributed by atoms with Gasteiger partial charge in [0.05, 0.1) is 5.56 Å². The highest BCUT2D eigenvalue weighted by atomic mass is 32.2. The fraction of sp³-hybridized carbons (Fsp3) is 0.250. The molecule has 0 spiro atoms. The Morgan fingerprint density at radius 2 is 1.94 bits per heavy atom. The van der Waals surface area contributed by atoms with Crippen LogP contribution >= 0.6 is 0 Å². The molecule has 1 aliphatic heterocycles. The van der Waals surface area contributed by atoms with Crippen molar-refractivity contribution in [2.45, 2.75) is 25.0 Å². The van der Waals surface area contributed by atoms with E-state index in [1.165, 1.54) is 13.1 Å². The SMILES string of the molecule is CN1C(C(=O)Nc2ccc(F)c(C#N)c2)CC(C(=O)NCc2ccccc2)NS1(=O)=O. The van der Waals surface area contributed by atoms with Crippen molar-refractivity contribution in [2.75, 3.05) is 12.4 Å². The van der Waals surface area contributed by atoms with Crippen LogP contribution in [0.4, 0.5) is 10.1 Å². The summed E-state index contributed by atoms with van der Waals surface area (Å²) in [5, 5.41) is 14.1. The number of hydrogen-bond acceptors (Lipinski definition) is 5. The van der Waals surface area contributed by atoms with E-state index in [0.717, 1.165) is 22.0 Å². The molecule has 0 saturated carbocycles. The molecule has 9 nitrogen and oxygen atoms in total. The summed E-state index contributed by atoms with van der Waals surface area (Å²) in [6, 6.07) is 11.8. The first-order chi connectivity index (χ1) is 14.7.